The summed E-state index contributed by atoms with van der Waals surface area (Å²) in [6.07, 6.45) is 1.02. The summed E-state index contributed by atoms with van der Waals surface area (Å²) in [6, 6.07) is 14.3. The minimum atomic E-state index is -0.984. The highest BCUT2D eigenvalue weighted by Crippen LogP contribution is 2.20. The Morgan fingerprint density at radius 2 is 1.54 bits per heavy atom. The highest BCUT2D eigenvalue weighted by Gasteiger charge is 2.15. The Morgan fingerprint density at radius 1 is 0.958 bits per heavy atom. The molecule has 2 rings (SSSR count). The van der Waals surface area contributed by atoms with E-state index in [1.165, 1.54) is 17.7 Å². The zero-order valence-electron chi connectivity index (χ0n) is 14.2. The van der Waals surface area contributed by atoms with E-state index in [0.29, 0.717) is 11.6 Å². The first kappa shape index (κ1) is 17.7. The summed E-state index contributed by atoms with van der Waals surface area (Å²) in [5.41, 5.74) is 3.02. The number of amides is 1. The zero-order valence-corrected chi connectivity index (χ0v) is 14.2. The van der Waals surface area contributed by atoms with Crippen molar-refractivity contribution >= 4 is 17.6 Å². The van der Waals surface area contributed by atoms with Crippen LogP contribution in [0.25, 0.3) is 0 Å². The minimum Gasteiger partial charge on any atom is -0.478 e. The number of hydrogen-bond donors (Lipinski definition) is 2. The molecule has 1 amide bonds. The van der Waals surface area contributed by atoms with Gasteiger partial charge in [-0.3, -0.25) is 4.79 Å². The number of benzene rings is 2. The fourth-order valence-corrected chi connectivity index (χ4v) is 2.51. The van der Waals surface area contributed by atoms with Crippen LogP contribution < -0.4 is 5.32 Å². The van der Waals surface area contributed by atoms with Gasteiger partial charge in [0.15, 0.2) is 0 Å². The number of carbonyl (C=O) groups is 2. The molecular weight excluding hydrogens is 302 g/mol. The van der Waals surface area contributed by atoms with Gasteiger partial charge in [-0.15, -0.1) is 0 Å². The van der Waals surface area contributed by atoms with Crippen LogP contribution in [0, 0.1) is 5.92 Å². The molecule has 0 radical (unpaired) electrons. The second-order valence-electron chi connectivity index (χ2n) is 6.43. The molecule has 126 valence electrons. The molecule has 1 atom stereocenters. The van der Waals surface area contributed by atoms with Crippen molar-refractivity contribution in [3.05, 3.63) is 65.2 Å². The van der Waals surface area contributed by atoms with Gasteiger partial charge < -0.3 is 10.4 Å². The number of anilines is 1. The molecule has 0 saturated carbocycles. The number of carbonyl (C=O) groups excluding carboxylic acids is 1. The Balaban J connectivity index is 2.02. The molecular formula is C20H23NO3. The first-order valence-corrected chi connectivity index (χ1v) is 8.10. The average Bonchev–Trinajstić information content (AvgIpc) is 2.54. The first-order chi connectivity index (χ1) is 11.4. The molecule has 0 fully saturated rings. The molecule has 24 heavy (non-hydrogen) atoms. The monoisotopic (exact) mass is 325 g/mol. The van der Waals surface area contributed by atoms with E-state index in [-0.39, 0.29) is 17.4 Å². The van der Waals surface area contributed by atoms with Crippen LogP contribution in [0.4, 0.5) is 5.69 Å². The maximum Gasteiger partial charge on any atom is 0.335 e. The van der Waals surface area contributed by atoms with Crippen LogP contribution in [-0.2, 0) is 11.2 Å². The summed E-state index contributed by atoms with van der Waals surface area (Å²) < 4.78 is 0. The van der Waals surface area contributed by atoms with Gasteiger partial charge in [0.1, 0.15) is 0 Å². The highest BCUT2D eigenvalue weighted by atomic mass is 16.4. The summed E-state index contributed by atoms with van der Waals surface area (Å²) in [5.74, 6) is -0.778. The molecule has 0 aliphatic heterocycles. The van der Waals surface area contributed by atoms with Crippen LogP contribution in [0.15, 0.2) is 48.5 Å². The predicted molar refractivity (Wildman–Crippen MR) is 95.4 cm³/mol. The lowest BCUT2D eigenvalue weighted by molar-refractivity contribution is -0.117. The van der Waals surface area contributed by atoms with E-state index in [4.69, 9.17) is 5.11 Å². The molecule has 4 heteroatoms. The van der Waals surface area contributed by atoms with E-state index in [9.17, 15) is 9.59 Å². The van der Waals surface area contributed by atoms with E-state index >= 15 is 0 Å². The van der Waals surface area contributed by atoms with Crippen LogP contribution >= 0.6 is 0 Å². The first-order valence-electron chi connectivity index (χ1n) is 8.10. The summed E-state index contributed by atoms with van der Waals surface area (Å²) in [4.78, 5) is 23.2. The van der Waals surface area contributed by atoms with Gasteiger partial charge in [0, 0.05) is 5.69 Å². The van der Waals surface area contributed by atoms with E-state index in [1.54, 1.807) is 12.1 Å². The number of hydrogen-bond acceptors (Lipinski definition) is 2. The maximum atomic E-state index is 12.4. The Labute approximate surface area is 142 Å². The normalized spacial score (nSPS) is 12.0. The van der Waals surface area contributed by atoms with Crippen LogP contribution in [0.5, 0.6) is 0 Å². The number of aromatic carboxylic acids is 1. The second kappa shape index (κ2) is 7.77. The van der Waals surface area contributed by atoms with E-state index in [0.717, 1.165) is 12.0 Å². The summed E-state index contributed by atoms with van der Waals surface area (Å²) >= 11 is 0. The van der Waals surface area contributed by atoms with Crippen LogP contribution in [0.1, 0.15) is 48.2 Å². The lowest BCUT2D eigenvalue weighted by Crippen LogP contribution is -2.19. The summed E-state index contributed by atoms with van der Waals surface area (Å²) in [5, 5.41) is 11.7. The molecule has 4 nitrogen and oxygen atoms in total. The highest BCUT2D eigenvalue weighted by molar-refractivity contribution is 5.96. The smallest absolute Gasteiger partial charge is 0.335 e. The molecule has 0 aliphatic rings. The molecule has 2 aromatic rings. The van der Waals surface area contributed by atoms with Crippen molar-refractivity contribution in [2.75, 3.05) is 5.32 Å². The maximum absolute atomic E-state index is 12.4. The van der Waals surface area contributed by atoms with Crippen molar-refractivity contribution in [1.82, 2.24) is 0 Å². The third kappa shape index (κ3) is 4.69. The topological polar surface area (TPSA) is 66.4 Å². The molecule has 0 bridgehead atoms. The van der Waals surface area contributed by atoms with Gasteiger partial charge >= 0.3 is 5.97 Å². The third-order valence-corrected chi connectivity index (χ3v) is 3.92. The fraction of sp³-hybridized carbons (Fsp3) is 0.300. The SMILES string of the molecule is CC(C)Cc1ccc(C(C)C(=O)Nc2ccc(C(=O)O)cc2)cc1. The Morgan fingerprint density at radius 3 is 2.04 bits per heavy atom. The fourth-order valence-electron chi connectivity index (χ4n) is 2.51. The van der Waals surface area contributed by atoms with Gasteiger partial charge in [-0.2, -0.15) is 0 Å². The van der Waals surface area contributed by atoms with Gasteiger partial charge in [0.25, 0.3) is 0 Å². The number of carboxylic acid groups (broad SMARTS) is 1. The molecule has 2 aromatic carbocycles. The van der Waals surface area contributed by atoms with Crippen LogP contribution in [-0.4, -0.2) is 17.0 Å². The Kier molecular flexibility index (Phi) is 5.74. The van der Waals surface area contributed by atoms with Gasteiger partial charge in [0.2, 0.25) is 5.91 Å². The standard InChI is InChI=1S/C20H23NO3/c1-13(2)12-15-4-6-16(7-5-15)14(3)19(22)21-18-10-8-17(9-11-18)20(23)24/h4-11,13-14H,12H2,1-3H3,(H,21,22)(H,23,24). The average molecular weight is 325 g/mol. The van der Waals surface area contributed by atoms with Gasteiger partial charge in [-0.1, -0.05) is 38.1 Å². The quantitative estimate of drug-likeness (QED) is 0.831. The zero-order chi connectivity index (χ0) is 17.7. The Bertz CT molecular complexity index is 703. The van der Waals surface area contributed by atoms with E-state index in [2.05, 4.69) is 31.3 Å². The van der Waals surface area contributed by atoms with Crippen molar-refractivity contribution < 1.29 is 14.7 Å². The Hall–Kier alpha value is -2.62. The summed E-state index contributed by atoms with van der Waals surface area (Å²) in [7, 11) is 0. The number of carboxylic acids is 1. The van der Waals surface area contributed by atoms with Crippen molar-refractivity contribution in [3.63, 3.8) is 0 Å². The van der Waals surface area contributed by atoms with Gasteiger partial charge in [-0.05, 0) is 54.7 Å². The molecule has 1 unspecified atom stereocenters. The number of nitrogens with one attached hydrogen (secondary N) is 1. The van der Waals surface area contributed by atoms with Crippen LogP contribution in [0.2, 0.25) is 0 Å². The van der Waals surface area contributed by atoms with Gasteiger partial charge in [-0.25, -0.2) is 4.79 Å². The van der Waals surface area contributed by atoms with Crippen molar-refractivity contribution in [2.24, 2.45) is 5.92 Å². The molecule has 0 aromatic heterocycles. The molecule has 0 aliphatic carbocycles. The number of rotatable bonds is 6. The van der Waals surface area contributed by atoms with Crippen molar-refractivity contribution in [1.29, 1.82) is 0 Å². The summed E-state index contributed by atoms with van der Waals surface area (Å²) in [6.45, 7) is 6.22. The second-order valence-corrected chi connectivity index (χ2v) is 6.43. The molecule has 0 heterocycles. The molecule has 2 N–H and O–H groups in total. The largest absolute Gasteiger partial charge is 0.478 e. The van der Waals surface area contributed by atoms with E-state index in [1.807, 2.05) is 19.1 Å². The third-order valence-electron chi connectivity index (χ3n) is 3.92. The molecule has 0 saturated heterocycles. The van der Waals surface area contributed by atoms with E-state index < -0.39 is 5.97 Å². The minimum absolute atomic E-state index is 0.116. The molecule has 0 spiro atoms. The lowest BCUT2D eigenvalue weighted by atomic mass is 9.96. The predicted octanol–water partition coefficient (Wildman–Crippen LogP) is 4.33. The van der Waals surface area contributed by atoms with Crippen molar-refractivity contribution in [2.45, 2.75) is 33.1 Å². The van der Waals surface area contributed by atoms with Crippen molar-refractivity contribution in [3.8, 4) is 0 Å². The lowest BCUT2D eigenvalue weighted by Gasteiger charge is -2.14. The van der Waals surface area contributed by atoms with Gasteiger partial charge in [0.05, 0.1) is 11.5 Å². The van der Waals surface area contributed by atoms with Crippen LogP contribution in [0.3, 0.4) is 0 Å².